The molecule has 1 aliphatic heterocycles. The average Bonchev–Trinajstić information content (AvgIpc) is 3.35. The van der Waals surface area contributed by atoms with Crippen LogP contribution in [0.3, 0.4) is 0 Å². The molecule has 0 spiro atoms. The molecule has 0 unspecified atom stereocenters. The summed E-state index contributed by atoms with van der Waals surface area (Å²) in [5, 5.41) is 4.58. The topological polar surface area (TPSA) is 81.9 Å². The summed E-state index contributed by atoms with van der Waals surface area (Å²) in [6.45, 7) is 7.67. The van der Waals surface area contributed by atoms with E-state index < -0.39 is 11.6 Å². The molecule has 0 bridgehead atoms. The van der Waals surface area contributed by atoms with Crippen molar-refractivity contribution in [2.75, 3.05) is 18.0 Å². The number of halogens is 2. The fourth-order valence-corrected chi connectivity index (χ4v) is 5.40. The van der Waals surface area contributed by atoms with E-state index in [1.807, 2.05) is 36.5 Å². The smallest absolute Gasteiger partial charge is 0.228 e. The van der Waals surface area contributed by atoms with Gasteiger partial charge in [0.1, 0.15) is 28.9 Å². The summed E-state index contributed by atoms with van der Waals surface area (Å²) >= 11 is 0. The van der Waals surface area contributed by atoms with Gasteiger partial charge in [0.05, 0.1) is 30.2 Å². The van der Waals surface area contributed by atoms with Crippen molar-refractivity contribution in [2.45, 2.75) is 71.6 Å². The van der Waals surface area contributed by atoms with Crippen LogP contribution in [-0.2, 0) is 11.3 Å². The second-order valence-electron chi connectivity index (χ2n) is 10.9. The third-order valence-corrected chi connectivity index (χ3v) is 7.91. The normalized spacial score (nSPS) is 20.0. The molecule has 4 heterocycles. The lowest BCUT2D eigenvalue weighted by Crippen LogP contribution is -2.43. The number of aromatic nitrogens is 6. The van der Waals surface area contributed by atoms with E-state index in [1.54, 1.807) is 0 Å². The van der Waals surface area contributed by atoms with Gasteiger partial charge in [-0.25, -0.2) is 23.7 Å². The van der Waals surface area contributed by atoms with Crippen LogP contribution in [0.5, 0.6) is 0 Å². The highest BCUT2D eigenvalue weighted by Crippen LogP contribution is 2.33. The Morgan fingerprint density at radius 2 is 1.85 bits per heavy atom. The number of ether oxygens (including phenoxy) is 1. The molecule has 10 heteroatoms. The minimum absolute atomic E-state index is 0.0955. The van der Waals surface area contributed by atoms with Gasteiger partial charge in [-0.1, -0.05) is 19.3 Å². The summed E-state index contributed by atoms with van der Waals surface area (Å²) in [4.78, 5) is 20.8. The molecule has 204 valence electrons. The molecule has 3 aromatic heterocycles. The van der Waals surface area contributed by atoms with E-state index in [-0.39, 0.29) is 23.5 Å². The molecular formula is C29H33F2N7O. The third-order valence-electron chi connectivity index (χ3n) is 7.91. The highest BCUT2D eigenvalue weighted by Gasteiger charge is 2.30. The second-order valence-corrected chi connectivity index (χ2v) is 10.9. The second kappa shape index (κ2) is 10.6. The Labute approximate surface area is 226 Å². The number of nitrogens with zero attached hydrogens (tertiary/aromatic N) is 7. The summed E-state index contributed by atoms with van der Waals surface area (Å²) in [7, 11) is 0. The summed E-state index contributed by atoms with van der Waals surface area (Å²) in [5.41, 5.74) is 3.64. The van der Waals surface area contributed by atoms with Crippen molar-refractivity contribution in [3.8, 4) is 11.3 Å². The van der Waals surface area contributed by atoms with Gasteiger partial charge in [0.2, 0.25) is 5.95 Å². The van der Waals surface area contributed by atoms with E-state index >= 15 is 0 Å². The first kappa shape index (κ1) is 25.7. The quantitative estimate of drug-likeness (QED) is 0.300. The van der Waals surface area contributed by atoms with Crippen molar-refractivity contribution in [1.29, 1.82) is 0 Å². The summed E-state index contributed by atoms with van der Waals surface area (Å²) in [5.74, 6) is -0.0594. The number of rotatable bonds is 7. The highest BCUT2D eigenvalue weighted by atomic mass is 19.1. The van der Waals surface area contributed by atoms with Gasteiger partial charge in [-0.15, -0.1) is 0 Å². The number of hydrogen-bond acceptors (Lipinski definition) is 7. The molecule has 0 amide bonds. The van der Waals surface area contributed by atoms with Crippen LogP contribution in [0.15, 0.2) is 30.6 Å². The van der Waals surface area contributed by atoms with Crippen molar-refractivity contribution >= 4 is 17.1 Å². The van der Waals surface area contributed by atoms with Crippen molar-refractivity contribution in [3.63, 3.8) is 0 Å². The van der Waals surface area contributed by atoms with Crippen LogP contribution in [-0.4, -0.2) is 48.9 Å². The van der Waals surface area contributed by atoms with Gasteiger partial charge in [-0.2, -0.15) is 10.1 Å². The Bertz CT molecular complexity index is 1500. The first-order valence-corrected chi connectivity index (χ1v) is 13.7. The van der Waals surface area contributed by atoms with Crippen LogP contribution in [0.2, 0.25) is 0 Å². The summed E-state index contributed by atoms with van der Waals surface area (Å²) in [6.07, 6.45) is 10.1. The van der Waals surface area contributed by atoms with Crippen LogP contribution in [0, 0.1) is 31.4 Å². The predicted octanol–water partition coefficient (Wildman–Crippen LogP) is 5.73. The third kappa shape index (κ3) is 5.34. The number of fused-ring (bicyclic) bond motifs is 1. The Kier molecular flexibility index (Phi) is 6.97. The largest absolute Gasteiger partial charge is 0.367 e. The zero-order valence-electron chi connectivity index (χ0n) is 22.6. The van der Waals surface area contributed by atoms with Gasteiger partial charge in [-0.05, 0) is 51.7 Å². The van der Waals surface area contributed by atoms with Crippen LogP contribution in [0.25, 0.3) is 22.4 Å². The lowest BCUT2D eigenvalue weighted by molar-refractivity contribution is -0.0178. The number of aryl methyl sites for hydroxylation is 3. The molecule has 6 rings (SSSR count). The van der Waals surface area contributed by atoms with Gasteiger partial charge >= 0.3 is 0 Å². The summed E-state index contributed by atoms with van der Waals surface area (Å²) < 4.78 is 36.9. The van der Waals surface area contributed by atoms with E-state index in [9.17, 15) is 8.78 Å². The van der Waals surface area contributed by atoms with Crippen molar-refractivity contribution in [1.82, 2.24) is 29.7 Å². The molecule has 2 atom stereocenters. The van der Waals surface area contributed by atoms with E-state index in [2.05, 4.69) is 21.3 Å². The van der Waals surface area contributed by atoms with Gasteiger partial charge in [0, 0.05) is 36.5 Å². The SMILES string of the molecule is Cc1nc2nc(N3C[C@@H](c4cnn(CCCC5CCC5)c4)O[C@@H](C)C3)nc(-c3ccc(F)cc3F)c2nc1C. The molecule has 1 saturated heterocycles. The van der Waals surface area contributed by atoms with Crippen molar-refractivity contribution in [2.24, 2.45) is 5.92 Å². The maximum Gasteiger partial charge on any atom is 0.228 e. The molecule has 8 nitrogen and oxygen atoms in total. The van der Waals surface area contributed by atoms with Crippen molar-refractivity contribution in [3.05, 3.63) is 59.2 Å². The van der Waals surface area contributed by atoms with E-state index in [1.165, 1.54) is 37.8 Å². The first-order chi connectivity index (χ1) is 18.8. The molecule has 0 radical (unpaired) electrons. The molecule has 1 saturated carbocycles. The van der Waals surface area contributed by atoms with E-state index in [0.717, 1.165) is 36.2 Å². The van der Waals surface area contributed by atoms with Gasteiger partial charge in [0.15, 0.2) is 5.65 Å². The number of morpholine rings is 1. The zero-order chi connectivity index (χ0) is 27.1. The molecule has 2 fully saturated rings. The fraction of sp³-hybridized carbons (Fsp3) is 0.483. The van der Waals surface area contributed by atoms with Crippen LogP contribution >= 0.6 is 0 Å². The molecule has 4 aromatic rings. The maximum absolute atomic E-state index is 14.9. The molecule has 2 aliphatic rings. The number of hydrogen-bond donors (Lipinski definition) is 0. The fourth-order valence-electron chi connectivity index (χ4n) is 5.40. The Morgan fingerprint density at radius 3 is 2.62 bits per heavy atom. The van der Waals surface area contributed by atoms with Gasteiger partial charge < -0.3 is 9.64 Å². The Hall–Kier alpha value is -3.53. The highest BCUT2D eigenvalue weighted by molar-refractivity contribution is 5.88. The Morgan fingerprint density at radius 1 is 1.03 bits per heavy atom. The first-order valence-electron chi connectivity index (χ1n) is 13.7. The van der Waals surface area contributed by atoms with Crippen molar-refractivity contribution < 1.29 is 13.5 Å². The zero-order valence-corrected chi connectivity index (χ0v) is 22.6. The van der Waals surface area contributed by atoms with Gasteiger partial charge in [-0.3, -0.25) is 4.68 Å². The average molecular weight is 534 g/mol. The lowest BCUT2D eigenvalue weighted by Gasteiger charge is -2.36. The van der Waals surface area contributed by atoms with Crippen LogP contribution < -0.4 is 4.90 Å². The van der Waals surface area contributed by atoms with Gasteiger partial charge in [0.25, 0.3) is 0 Å². The number of benzene rings is 1. The molecule has 1 aromatic carbocycles. The maximum atomic E-state index is 14.9. The number of anilines is 1. The molecule has 1 aliphatic carbocycles. The Balaban J connectivity index is 1.30. The lowest BCUT2D eigenvalue weighted by atomic mass is 9.82. The molecule has 39 heavy (non-hydrogen) atoms. The predicted molar refractivity (Wildman–Crippen MR) is 144 cm³/mol. The minimum Gasteiger partial charge on any atom is -0.367 e. The summed E-state index contributed by atoms with van der Waals surface area (Å²) in [6, 6.07) is 3.46. The monoisotopic (exact) mass is 533 g/mol. The molecular weight excluding hydrogens is 500 g/mol. The van der Waals surface area contributed by atoms with E-state index in [4.69, 9.17) is 14.7 Å². The van der Waals surface area contributed by atoms with Crippen LogP contribution in [0.4, 0.5) is 14.7 Å². The minimum atomic E-state index is -0.709. The van der Waals surface area contributed by atoms with E-state index in [0.29, 0.717) is 35.9 Å². The standard InChI is InChI=1S/C29H33F2N7O/c1-17-14-37(16-25(39-17)21-13-32-38(15-21)11-5-8-20-6-4-7-20)29-35-26(23-10-9-22(30)12-24(23)31)27-28(36-29)34-19(3)18(2)33-27/h9-10,12-13,15,17,20,25H,4-8,11,14,16H2,1-3H3/t17-,25-/m0/s1. The van der Waals surface area contributed by atoms with Crippen LogP contribution in [0.1, 0.15) is 62.1 Å². The molecule has 0 N–H and O–H groups in total.